The SMILES string of the molecule is COc1cc(F)ccc1Nc1cc(NCCCC(F)(F)F)c2ncc(C)n2n1.Cc1ccccc1C(=O)NC1CC1. The van der Waals surface area contributed by atoms with E-state index in [1.165, 1.54) is 25.3 Å². The minimum atomic E-state index is -4.19. The summed E-state index contributed by atoms with van der Waals surface area (Å²) in [5, 5.41) is 13.4. The fourth-order valence-corrected chi connectivity index (χ4v) is 4.01. The lowest BCUT2D eigenvalue weighted by Gasteiger charge is -2.14. The van der Waals surface area contributed by atoms with Crippen LogP contribution in [0.1, 0.15) is 47.3 Å². The molecule has 1 aliphatic rings. The normalized spacial score (nSPS) is 12.9. The number of nitrogens with zero attached hydrogens (tertiary/aromatic N) is 3. The molecule has 8 nitrogen and oxygen atoms in total. The monoisotopic (exact) mass is 572 g/mol. The van der Waals surface area contributed by atoms with Crippen LogP contribution in [0, 0.1) is 19.7 Å². The number of fused-ring (bicyclic) bond motifs is 1. The van der Waals surface area contributed by atoms with Crippen molar-refractivity contribution in [3.8, 4) is 5.75 Å². The molecule has 1 amide bonds. The number of halogens is 4. The smallest absolute Gasteiger partial charge is 0.389 e. The van der Waals surface area contributed by atoms with Gasteiger partial charge in [-0.25, -0.2) is 13.9 Å². The van der Waals surface area contributed by atoms with Crippen LogP contribution in [0.25, 0.3) is 5.65 Å². The molecule has 0 radical (unpaired) electrons. The number of ether oxygens (including phenoxy) is 1. The van der Waals surface area contributed by atoms with Crippen LogP contribution in [-0.4, -0.2) is 46.4 Å². The van der Waals surface area contributed by atoms with Crippen LogP contribution >= 0.6 is 0 Å². The number of imidazole rings is 1. The van der Waals surface area contributed by atoms with Crippen molar-refractivity contribution in [2.75, 3.05) is 24.3 Å². The fourth-order valence-electron chi connectivity index (χ4n) is 4.01. The maximum Gasteiger partial charge on any atom is 0.389 e. The topological polar surface area (TPSA) is 92.6 Å². The largest absolute Gasteiger partial charge is 0.494 e. The van der Waals surface area contributed by atoms with Crippen LogP contribution in [0.2, 0.25) is 0 Å². The van der Waals surface area contributed by atoms with Gasteiger partial charge < -0.3 is 20.7 Å². The van der Waals surface area contributed by atoms with Gasteiger partial charge >= 0.3 is 6.18 Å². The second-order valence-electron chi connectivity index (χ2n) is 9.76. The quantitative estimate of drug-likeness (QED) is 0.155. The number of hydrogen-bond donors (Lipinski definition) is 3. The van der Waals surface area contributed by atoms with Crippen molar-refractivity contribution in [2.45, 2.75) is 51.7 Å². The second kappa shape index (κ2) is 12.9. The Balaban J connectivity index is 0.000000247. The van der Waals surface area contributed by atoms with Crippen LogP contribution < -0.4 is 20.7 Å². The molecular weight excluding hydrogens is 540 g/mol. The second-order valence-corrected chi connectivity index (χ2v) is 9.76. The predicted molar refractivity (Wildman–Crippen MR) is 149 cm³/mol. The van der Waals surface area contributed by atoms with Gasteiger partial charge in [0.25, 0.3) is 5.91 Å². The van der Waals surface area contributed by atoms with E-state index in [0.717, 1.165) is 29.7 Å². The van der Waals surface area contributed by atoms with Crippen molar-refractivity contribution in [3.05, 3.63) is 77.4 Å². The number of aryl methyl sites for hydroxylation is 2. The highest BCUT2D eigenvalue weighted by molar-refractivity contribution is 5.95. The summed E-state index contributed by atoms with van der Waals surface area (Å²) in [7, 11) is 1.42. The molecular formula is C29H32F4N6O2. The molecule has 41 heavy (non-hydrogen) atoms. The van der Waals surface area contributed by atoms with Crippen LogP contribution in [0.4, 0.5) is 34.8 Å². The molecule has 0 unspecified atom stereocenters. The van der Waals surface area contributed by atoms with Gasteiger partial charge in [-0.3, -0.25) is 4.79 Å². The molecule has 2 aromatic heterocycles. The zero-order valence-corrected chi connectivity index (χ0v) is 23.0. The van der Waals surface area contributed by atoms with E-state index in [1.807, 2.05) is 38.1 Å². The number of carbonyl (C=O) groups excluding carboxylic acids is 1. The first kappa shape index (κ1) is 29.6. The Morgan fingerprint density at radius 1 is 1.10 bits per heavy atom. The summed E-state index contributed by atoms with van der Waals surface area (Å²) in [6, 6.07) is 13.8. The van der Waals surface area contributed by atoms with Gasteiger partial charge in [0.2, 0.25) is 0 Å². The zero-order chi connectivity index (χ0) is 29.6. The van der Waals surface area contributed by atoms with Crippen molar-refractivity contribution in [3.63, 3.8) is 0 Å². The fraction of sp³-hybridized carbons (Fsp3) is 0.345. The predicted octanol–water partition coefficient (Wildman–Crippen LogP) is 6.57. The van der Waals surface area contributed by atoms with Crippen molar-refractivity contribution in [1.82, 2.24) is 19.9 Å². The number of aromatic nitrogens is 3. The number of nitrogens with one attached hydrogen (secondary N) is 3. The van der Waals surface area contributed by atoms with Crippen molar-refractivity contribution >= 4 is 28.7 Å². The summed E-state index contributed by atoms with van der Waals surface area (Å²) in [5.74, 6) is 0.324. The van der Waals surface area contributed by atoms with E-state index in [0.29, 0.717) is 34.6 Å². The van der Waals surface area contributed by atoms with Crippen molar-refractivity contribution in [2.24, 2.45) is 0 Å². The molecule has 1 fully saturated rings. The molecule has 5 rings (SSSR count). The highest BCUT2D eigenvalue weighted by Gasteiger charge is 2.26. The summed E-state index contributed by atoms with van der Waals surface area (Å²) >= 11 is 0. The molecule has 0 spiro atoms. The summed E-state index contributed by atoms with van der Waals surface area (Å²) in [4.78, 5) is 15.9. The number of amides is 1. The number of carbonyl (C=O) groups is 1. The third-order valence-electron chi connectivity index (χ3n) is 6.32. The minimum Gasteiger partial charge on any atom is -0.494 e. The first-order chi connectivity index (χ1) is 19.5. The molecule has 0 atom stereocenters. The van der Waals surface area contributed by atoms with Gasteiger partial charge in [0, 0.05) is 36.7 Å². The molecule has 218 valence electrons. The van der Waals surface area contributed by atoms with Gasteiger partial charge in [-0.2, -0.15) is 13.2 Å². The average molecular weight is 573 g/mol. The Kier molecular flexibility index (Phi) is 9.31. The Bertz CT molecular complexity index is 1500. The minimum absolute atomic E-state index is 0.0633. The van der Waals surface area contributed by atoms with E-state index in [9.17, 15) is 22.4 Å². The summed E-state index contributed by atoms with van der Waals surface area (Å²) in [6.07, 6.45) is -1.23. The molecule has 2 aromatic carbocycles. The van der Waals surface area contributed by atoms with Crippen molar-refractivity contribution < 1.29 is 27.1 Å². The molecule has 0 bridgehead atoms. The van der Waals surface area contributed by atoms with Crippen LogP contribution in [-0.2, 0) is 0 Å². The first-order valence-electron chi connectivity index (χ1n) is 13.2. The van der Waals surface area contributed by atoms with Gasteiger partial charge in [0.15, 0.2) is 11.5 Å². The molecule has 1 saturated carbocycles. The summed E-state index contributed by atoms with van der Waals surface area (Å²) in [6.45, 7) is 3.90. The van der Waals surface area contributed by atoms with E-state index in [1.54, 1.807) is 16.8 Å². The third kappa shape index (κ3) is 8.32. The lowest BCUT2D eigenvalue weighted by Crippen LogP contribution is -2.25. The number of benzene rings is 2. The number of anilines is 3. The average Bonchev–Trinajstić information content (AvgIpc) is 3.67. The molecule has 0 saturated heterocycles. The van der Waals surface area contributed by atoms with Gasteiger partial charge in [0.05, 0.1) is 30.4 Å². The Morgan fingerprint density at radius 2 is 1.85 bits per heavy atom. The summed E-state index contributed by atoms with van der Waals surface area (Å²) in [5.41, 5.74) is 4.13. The maximum atomic E-state index is 13.4. The molecule has 2 heterocycles. The number of hydrogen-bond acceptors (Lipinski definition) is 6. The summed E-state index contributed by atoms with van der Waals surface area (Å²) < 4.78 is 57.1. The third-order valence-corrected chi connectivity index (χ3v) is 6.32. The Labute approximate surface area is 235 Å². The van der Waals surface area contributed by atoms with Gasteiger partial charge in [-0.1, -0.05) is 18.2 Å². The number of methoxy groups -OCH3 is 1. The van der Waals surface area contributed by atoms with Gasteiger partial charge in [0.1, 0.15) is 11.6 Å². The van der Waals surface area contributed by atoms with E-state index in [2.05, 4.69) is 26.0 Å². The van der Waals surface area contributed by atoms with Crippen LogP contribution in [0.5, 0.6) is 5.75 Å². The number of rotatable bonds is 9. The standard InChI is InChI=1S/C18H19F4N5O.C11H13NO/c1-11-10-24-17-14(23-7-3-6-18(20,21)22)9-16(26-27(11)17)25-13-5-4-12(19)8-15(13)28-2;1-8-4-2-3-5-10(8)11(13)12-9-6-7-9/h4-5,8-10,23H,3,6-7H2,1-2H3,(H,25,26);2-5,9H,6-7H2,1H3,(H,12,13). The molecule has 3 N–H and O–H groups in total. The highest BCUT2D eigenvalue weighted by Crippen LogP contribution is 2.30. The van der Waals surface area contributed by atoms with Crippen LogP contribution in [0.15, 0.2) is 54.7 Å². The van der Waals surface area contributed by atoms with E-state index >= 15 is 0 Å². The highest BCUT2D eigenvalue weighted by atomic mass is 19.4. The Hall–Kier alpha value is -4.35. The number of alkyl halides is 3. The first-order valence-corrected chi connectivity index (χ1v) is 13.2. The lowest BCUT2D eigenvalue weighted by molar-refractivity contribution is -0.134. The zero-order valence-electron chi connectivity index (χ0n) is 23.0. The van der Waals surface area contributed by atoms with Gasteiger partial charge in [-0.05, 0) is 56.9 Å². The van der Waals surface area contributed by atoms with E-state index in [4.69, 9.17) is 4.74 Å². The lowest BCUT2D eigenvalue weighted by atomic mass is 10.1. The van der Waals surface area contributed by atoms with Crippen LogP contribution in [0.3, 0.4) is 0 Å². The molecule has 4 aromatic rings. The molecule has 0 aliphatic heterocycles. The molecule has 1 aliphatic carbocycles. The van der Waals surface area contributed by atoms with E-state index in [-0.39, 0.29) is 18.9 Å². The molecule has 12 heteroatoms. The van der Waals surface area contributed by atoms with Crippen molar-refractivity contribution in [1.29, 1.82) is 0 Å². The van der Waals surface area contributed by atoms with Gasteiger partial charge in [-0.15, -0.1) is 5.10 Å². The Morgan fingerprint density at radius 3 is 2.54 bits per heavy atom. The maximum absolute atomic E-state index is 13.4. The van der Waals surface area contributed by atoms with E-state index < -0.39 is 18.4 Å².